The molecule has 0 saturated carbocycles. The standard InChI is InChI=1S/C13H21NO3/c1-2-3-4-5-6-7-8-11-14-12(15)9-10-13(16)17/h2-3,9-10H,4-8,11H2,1H3,(H,14,15)(H,16,17)/b3-2+,10-9+. The van der Waals surface area contributed by atoms with Crippen LogP contribution in [0.5, 0.6) is 0 Å². The Morgan fingerprint density at radius 2 is 1.82 bits per heavy atom. The molecule has 4 heteroatoms. The molecular weight excluding hydrogens is 218 g/mol. The van der Waals surface area contributed by atoms with Gasteiger partial charge in [-0.1, -0.05) is 25.0 Å². The van der Waals surface area contributed by atoms with Gasteiger partial charge in [0.15, 0.2) is 0 Å². The maximum absolute atomic E-state index is 11.1. The van der Waals surface area contributed by atoms with Crippen molar-refractivity contribution in [1.82, 2.24) is 5.32 Å². The number of aliphatic carboxylic acids is 1. The zero-order chi connectivity index (χ0) is 12.9. The van der Waals surface area contributed by atoms with E-state index >= 15 is 0 Å². The highest BCUT2D eigenvalue weighted by Crippen LogP contribution is 2.02. The van der Waals surface area contributed by atoms with Crippen LogP contribution in [0, 0.1) is 0 Å². The summed E-state index contributed by atoms with van der Waals surface area (Å²) in [5, 5.41) is 10.9. The van der Waals surface area contributed by atoms with E-state index < -0.39 is 5.97 Å². The number of carbonyl (C=O) groups excluding carboxylic acids is 1. The molecule has 0 atom stereocenters. The second-order valence-corrected chi connectivity index (χ2v) is 3.73. The van der Waals surface area contributed by atoms with Crippen LogP contribution in [-0.2, 0) is 9.59 Å². The first-order valence-corrected chi connectivity index (χ1v) is 5.97. The van der Waals surface area contributed by atoms with Crippen molar-refractivity contribution in [3.8, 4) is 0 Å². The van der Waals surface area contributed by atoms with E-state index in [1.54, 1.807) is 0 Å². The van der Waals surface area contributed by atoms with Gasteiger partial charge in [0.25, 0.3) is 0 Å². The number of hydrogen-bond acceptors (Lipinski definition) is 2. The van der Waals surface area contributed by atoms with Gasteiger partial charge in [0, 0.05) is 18.7 Å². The van der Waals surface area contributed by atoms with Gasteiger partial charge in [0.2, 0.25) is 5.91 Å². The van der Waals surface area contributed by atoms with Crippen LogP contribution in [-0.4, -0.2) is 23.5 Å². The molecule has 17 heavy (non-hydrogen) atoms. The highest BCUT2D eigenvalue weighted by atomic mass is 16.4. The van der Waals surface area contributed by atoms with Gasteiger partial charge < -0.3 is 10.4 Å². The minimum Gasteiger partial charge on any atom is -0.478 e. The van der Waals surface area contributed by atoms with Gasteiger partial charge in [0.05, 0.1) is 0 Å². The van der Waals surface area contributed by atoms with Gasteiger partial charge in [0.1, 0.15) is 0 Å². The van der Waals surface area contributed by atoms with E-state index in [2.05, 4.69) is 17.5 Å². The number of nitrogens with one attached hydrogen (secondary N) is 1. The summed E-state index contributed by atoms with van der Waals surface area (Å²) < 4.78 is 0. The number of carboxylic acid groups (broad SMARTS) is 1. The molecule has 0 aliphatic rings. The number of carbonyl (C=O) groups is 2. The Hall–Kier alpha value is -1.58. The average Bonchev–Trinajstić information content (AvgIpc) is 2.30. The third-order valence-corrected chi connectivity index (χ3v) is 2.21. The van der Waals surface area contributed by atoms with E-state index in [9.17, 15) is 9.59 Å². The molecule has 0 aromatic carbocycles. The molecule has 0 aliphatic heterocycles. The lowest BCUT2D eigenvalue weighted by molar-refractivity contribution is -0.131. The van der Waals surface area contributed by atoms with E-state index in [1.165, 1.54) is 6.42 Å². The van der Waals surface area contributed by atoms with Crippen molar-refractivity contribution in [3.63, 3.8) is 0 Å². The van der Waals surface area contributed by atoms with E-state index in [0.29, 0.717) is 6.54 Å². The summed E-state index contributed by atoms with van der Waals surface area (Å²) in [5.41, 5.74) is 0. The first kappa shape index (κ1) is 15.4. The van der Waals surface area contributed by atoms with Gasteiger partial charge in [-0.25, -0.2) is 4.79 Å². The average molecular weight is 239 g/mol. The van der Waals surface area contributed by atoms with Crippen LogP contribution in [0.25, 0.3) is 0 Å². The van der Waals surface area contributed by atoms with Crippen molar-refractivity contribution in [2.24, 2.45) is 0 Å². The summed E-state index contributed by atoms with van der Waals surface area (Å²) in [5.74, 6) is -1.45. The molecule has 0 fully saturated rings. The molecule has 1 amide bonds. The lowest BCUT2D eigenvalue weighted by atomic mass is 10.1. The van der Waals surface area contributed by atoms with Gasteiger partial charge in [-0.3, -0.25) is 4.79 Å². The van der Waals surface area contributed by atoms with Crippen LogP contribution in [0.2, 0.25) is 0 Å². The highest BCUT2D eigenvalue weighted by Gasteiger charge is 1.95. The predicted molar refractivity (Wildman–Crippen MR) is 67.7 cm³/mol. The molecule has 0 saturated heterocycles. The van der Waals surface area contributed by atoms with Gasteiger partial charge in [-0.2, -0.15) is 0 Å². The van der Waals surface area contributed by atoms with Crippen molar-refractivity contribution in [2.45, 2.75) is 39.0 Å². The Bertz CT molecular complexity index is 282. The summed E-state index contributed by atoms with van der Waals surface area (Å²) in [7, 11) is 0. The monoisotopic (exact) mass is 239 g/mol. The lowest BCUT2D eigenvalue weighted by Gasteiger charge is -2.01. The summed E-state index contributed by atoms with van der Waals surface area (Å²) in [6.45, 7) is 2.62. The second kappa shape index (κ2) is 10.9. The molecule has 2 N–H and O–H groups in total. The minimum atomic E-state index is -1.11. The van der Waals surface area contributed by atoms with E-state index in [-0.39, 0.29) is 5.91 Å². The normalized spacial score (nSPS) is 11.1. The molecule has 0 aliphatic carbocycles. The lowest BCUT2D eigenvalue weighted by Crippen LogP contribution is -2.22. The van der Waals surface area contributed by atoms with Crippen LogP contribution in [0.4, 0.5) is 0 Å². The molecule has 0 heterocycles. The second-order valence-electron chi connectivity index (χ2n) is 3.73. The van der Waals surface area contributed by atoms with E-state index in [0.717, 1.165) is 37.8 Å². The molecule has 0 aromatic heterocycles. The van der Waals surface area contributed by atoms with Crippen molar-refractivity contribution in [2.75, 3.05) is 6.54 Å². The summed E-state index contributed by atoms with van der Waals surface area (Å²) in [4.78, 5) is 21.2. The molecule has 0 bridgehead atoms. The van der Waals surface area contributed by atoms with Crippen molar-refractivity contribution in [3.05, 3.63) is 24.3 Å². The van der Waals surface area contributed by atoms with Gasteiger partial charge in [-0.05, 0) is 26.2 Å². The SMILES string of the molecule is C/C=C/CCCCCCNC(=O)/C=C/C(=O)O. The molecule has 0 radical (unpaired) electrons. The van der Waals surface area contributed by atoms with Crippen molar-refractivity contribution in [1.29, 1.82) is 0 Å². The van der Waals surface area contributed by atoms with Crippen molar-refractivity contribution < 1.29 is 14.7 Å². The zero-order valence-corrected chi connectivity index (χ0v) is 10.3. The minimum absolute atomic E-state index is 0.346. The summed E-state index contributed by atoms with van der Waals surface area (Å²) in [6, 6.07) is 0. The third kappa shape index (κ3) is 12.4. The number of rotatable bonds is 9. The van der Waals surface area contributed by atoms with E-state index in [1.807, 2.05) is 6.92 Å². The Kier molecular flexibility index (Phi) is 9.91. The molecule has 96 valence electrons. The fourth-order valence-electron chi connectivity index (χ4n) is 1.32. The smallest absolute Gasteiger partial charge is 0.328 e. The Morgan fingerprint density at radius 3 is 2.47 bits per heavy atom. The van der Waals surface area contributed by atoms with Crippen LogP contribution in [0.15, 0.2) is 24.3 Å². The number of hydrogen-bond donors (Lipinski definition) is 2. The molecule has 0 unspecified atom stereocenters. The first-order chi connectivity index (χ1) is 8.16. The Labute approximate surface area is 102 Å². The first-order valence-electron chi connectivity index (χ1n) is 5.97. The summed E-state index contributed by atoms with van der Waals surface area (Å²) >= 11 is 0. The van der Waals surface area contributed by atoms with Crippen LogP contribution in [0.1, 0.15) is 39.0 Å². The topological polar surface area (TPSA) is 66.4 Å². The molecule has 0 spiro atoms. The highest BCUT2D eigenvalue weighted by molar-refractivity contribution is 5.93. The number of allylic oxidation sites excluding steroid dienone is 2. The fourth-order valence-corrected chi connectivity index (χ4v) is 1.32. The number of unbranched alkanes of at least 4 members (excludes halogenated alkanes) is 4. The Balaban J connectivity index is 3.33. The predicted octanol–water partition coefficient (Wildman–Crippen LogP) is 2.27. The maximum atomic E-state index is 11.1. The zero-order valence-electron chi connectivity index (χ0n) is 10.3. The number of amides is 1. The van der Waals surface area contributed by atoms with Crippen molar-refractivity contribution >= 4 is 11.9 Å². The molecule has 4 nitrogen and oxygen atoms in total. The number of carboxylic acids is 1. The molecular formula is C13H21NO3. The third-order valence-electron chi connectivity index (χ3n) is 2.21. The van der Waals surface area contributed by atoms with Crippen LogP contribution >= 0.6 is 0 Å². The van der Waals surface area contributed by atoms with E-state index in [4.69, 9.17) is 5.11 Å². The van der Waals surface area contributed by atoms with Gasteiger partial charge in [-0.15, -0.1) is 0 Å². The fraction of sp³-hybridized carbons (Fsp3) is 0.538. The quantitative estimate of drug-likeness (QED) is 0.368. The molecule has 0 aromatic rings. The van der Waals surface area contributed by atoms with Crippen LogP contribution < -0.4 is 5.32 Å². The maximum Gasteiger partial charge on any atom is 0.328 e. The van der Waals surface area contributed by atoms with Gasteiger partial charge >= 0.3 is 5.97 Å². The Morgan fingerprint density at radius 1 is 1.12 bits per heavy atom. The molecule has 0 rings (SSSR count). The van der Waals surface area contributed by atoms with Crippen LogP contribution in [0.3, 0.4) is 0 Å². The largest absolute Gasteiger partial charge is 0.478 e. The summed E-state index contributed by atoms with van der Waals surface area (Å²) in [6.07, 6.45) is 11.5.